The van der Waals surface area contributed by atoms with Gasteiger partial charge in [-0.3, -0.25) is 4.98 Å². The fourth-order valence-corrected chi connectivity index (χ4v) is 5.67. The predicted octanol–water partition coefficient (Wildman–Crippen LogP) is 6.63. The Kier molecular flexibility index (Phi) is 4.23. The van der Waals surface area contributed by atoms with Crippen molar-refractivity contribution in [2.24, 2.45) is 0 Å². The zero-order chi connectivity index (χ0) is 19.3. The fraction of sp³-hybridized carbons (Fsp3) is 0.292. The highest BCUT2D eigenvalue weighted by atomic mass is 28.3. The molecule has 27 heavy (non-hydrogen) atoms. The Morgan fingerprint density at radius 3 is 2.41 bits per heavy atom. The maximum atomic E-state index is 6.41. The first-order valence-electron chi connectivity index (χ1n) is 9.69. The maximum Gasteiger partial charge on any atom is 0.144 e. The zero-order valence-electron chi connectivity index (χ0n) is 17.1. The van der Waals surface area contributed by atoms with Crippen molar-refractivity contribution in [3.63, 3.8) is 0 Å². The first-order valence-corrected chi connectivity index (χ1v) is 13.2. The van der Waals surface area contributed by atoms with Gasteiger partial charge in [-0.25, -0.2) is 0 Å². The number of para-hydroxylation sites is 1. The Balaban J connectivity index is 2.12. The molecule has 138 valence electrons. The van der Waals surface area contributed by atoms with Crippen LogP contribution in [0.25, 0.3) is 33.2 Å². The fourth-order valence-electron chi connectivity index (χ4n) is 4.09. The molecule has 4 rings (SSSR count). The summed E-state index contributed by atoms with van der Waals surface area (Å²) in [6, 6.07) is 15.1. The van der Waals surface area contributed by atoms with Crippen LogP contribution in [0, 0.1) is 6.92 Å². The van der Waals surface area contributed by atoms with E-state index in [2.05, 4.69) is 76.8 Å². The number of nitrogens with zero attached hydrogens (tertiary/aromatic N) is 1. The molecule has 0 fully saturated rings. The van der Waals surface area contributed by atoms with Crippen LogP contribution in [-0.4, -0.2) is 13.1 Å². The lowest BCUT2D eigenvalue weighted by Crippen LogP contribution is -2.37. The van der Waals surface area contributed by atoms with E-state index >= 15 is 0 Å². The maximum absolute atomic E-state index is 6.41. The van der Waals surface area contributed by atoms with Gasteiger partial charge in [-0.1, -0.05) is 57.8 Å². The molecule has 0 spiro atoms. The van der Waals surface area contributed by atoms with Crippen LogP contribution in [0.15, 0.2) is 53.1 Å². The average molecular weight is 374 g/mol. The van der Waals surface area contributed by atoms with E-state index in [1.54, 1.807) is 0 Å². The van der Waals surface area contributed by atoms with Gasteiger partial charge in [-0.05, 0) is 47.4 Å². The smallest absolute Gasteiger partial charge is 0.144 e. The van der Waals surface area contributed by atoms with Gasteiger partial charge in [0.2, 0.25) is 0 Å². The number of hydrogen-bond acceptors (Lipinski definition) is 2. The van der Waals surface area contributed by atoms with Crippen LogP contribution in [0.1, 0.15) is 30.9 Å². The van der Waals surface area contributed by atoms with Crippen LogP contribution in [0.2, 0.25) is 19.6 Å². The van der Waals surface area contributed by atoms with Gasteiger partial charge >= 0.3 is 0 Å². The van der Waals surface area contributed by atoms with Crippen LogP contribution in [0.3, 0.4) is 0 Å². The summed E-state index contributed by atoms with van der Waals surface area (Å²) >= 11 is 0. The van der Waals surface area contributed by atoms with Gasteiger partial charge in [0.25, 0.3) is 0 Å². The number of fused-ring (bicyclic) bond motifs is 3. The van der Waals surface area contributed by atoms with Crippen molar-refractivity contribution in [3.8, 4) is 11.3 Å². The second-order valence-corrected chi connectivity index (χ2v) is 13.8. The van der Waals surface area contributed by atoms with E-state index in [1.807, 2.05) is 12.3 Å². The molecule has 0 atom stereocenters. The van der Waals surface area contributed by atoms with Gasteiger partial charge in [-0.2, -0.15) is 0 Å². The molecule has 0 aliphatic carbocycles. The molecule has 0 aliphatic rings. The summed E-state index contributed by atoms with van der Waals surface area (Å²) in [7, 11) is -1.53. The van der Waals surface area contributed by atoms with Crippen LogP contribution in [0.4, 0.5) is 0 Å². The largest absolute Gasteiger partial charge is 0.455 e. The van der Waals surface area contributed by atoms with E-state index in [4.69, 9.17) is 9.40 Å². The Hall–Kier alpha value is -2.39. The van der Waals surface area contributed by atoms with E-state index in [0.29, 0.717) is 5.92 Å². The Morgan fingerprint density at radius 2 is 1.70 bits per heavy atom. The van der Waals surface area contributed by atoms with Crippen LogP contribution >= 0.6 is 0 Å². The predicted molar refractivity (Wildman–Crippen MR) is 119 cm³/mol. The van der Waals surface area contributed by atoms with Gasteiger partial charge in [-0.15, -0.1) is 0 Å². The highest BCUT2D eigenvalue weighted by Gasteiger charge is 2.25. The second-order valence-electron chi connectivity index (χ2n) is 8.74. The quantitative estimate of drug-likeness (QED) is 0.377. The molecule has 0 amide bonds. The van der Waals surface area contributed by atoms with Crippen molar-refractivity contribution < 1.29 is 4.42 Å². The molecular weight excluding hydrogens is 346 g/mol. The number of furan rings is 1. The molecule has 2 aromatic carbocycles. The minimum atomic E-state index is -1.53. The molecule has 0 saturated carbocycles. The van der Waals surface area contributed by atoms with E-state index < -0.39 is 8.07 Å². The van der Waals surface area contributed by atoms with E-state index in [9.17, 15) is 0 Å². The zero-order valence-corrected chi connectivity index (χ0v) is 18.1. The topological polar surface area (TPSA) is 26.0 Å². The molecule has 2 nitrogen and oxygen atoms in total. The van der Waals surface area contributed by atoms with Crippen LogP contribution < -0.4 is 5.19 Å². The van der Waals surface area contributed by atoms with Crippen molar-refractivity contribution in [3.05, 3.63) is 59.8 Å². The van der Waals surface area contributed by atoms with Gasteiger partial charge < -0.3 is 4.42 Å². The van der Waals surface area contributed by atoms with Gasteiger partial charge in [0.1, 0.15) is 11.2 Å². The Morgan fingerprint density at radius 1 is 0.963 bits per heavy atom. The molecular formula is C24H27NOSi. The summed E-state index contributed by atoms with van der Waals surface area (Å²) in [6.45, 7) is 13.8. The number of pyridine rings is 1. The van der Waals surface area contributed by atoms with Crippen LogP contribution in [0.5, 0.6) is 0 Å². The molecule has 0 bridgehead atoms. The summed E-state index contributed by atoms with van der Waals surface area (Å²) in [5.41, 5.74) is 6.66. The molecule has 3 heteroatoms. The molecule has 0 N–H and O–H groups in total. The van der Waals surface area contributed by atoms with Crippen molar-refractivity contribution in [2.75, 3.05) is 0 Å². The standard InChI is InChI=1S/C24H27NOSi/c1-15(2)17-13-14-25-23(16(17)3)19-11-12-21(27(4,5)6)22-18-9-7-8-10-20(18)26-24(19)22/h7-15H,1-6H3. The SMILES string of the molecule is Cc1c(C(C)C)ccnc1-c1ccc([Si](C)(C)C)c2c1oc1ccccc12. The second kappa shape index (κ2) is 6.34. The number of rotatable bonds is 3. The number of hydrogen-bond donors (Lipinski definition) is 0. The number of aromatic nitrogens is 1. The van der Waals surface area contributed by atoms with Gasteiger partial charge in [0, 0.05) is 22.5 Å². The molecule has 4 aromatic rings. The summed E-state index contributed by atoms with van der Waals surface area (Å²) in [5, 5.41) is 3.94. The summed E-state index contributed by atoms with van der Waals surface area (Å²) in [4.78, 5) is 4.76. The Labute approximate surface area is 162 Å². The summed E-state index contributed by atoms with van der Waals surface area (Å²) < 4.78 is 6.41. The minimum Gasteiger partial charge on any atom is -0.455 e. The van der Waals surface area contributed by atoms with Crippen molar-refractivity contribution >= 4 is 35.2 Å². The highest BCUT2D eigenvalue weighted by molar-refractivity contribution is 6.90. The van der Waals surface area contributed by atoms with E-state index in [1.165, 1.54) is 27.1 Å². The third-order valence-electron chi connectivity index (χ3n) is 5.46. The van der Waals surface area contributed by atoms with Gasteiger partial charge in [0.05, 0.1) is 13.8 Å². The normalized spacial score (nSPS) is 12.4. The third kappa shape index (κ3) is 2.90. The average Bonchev–Trinajstić information content (AvgIpc) is 2.99. The lowest BCUT2D eigenvalue weighted by Gasteiger charge is -2.19. The molecule has 2 aromatic heterocycles. The van der Waals surface area contributed by atoms with Crippen LogP contribution in [-0.2, 0) is 0 Å². The monoisotopic (exact) mass is 373 g/mol. The minimum absolute atomic E-state index is 0.471. The lowest BCUT2D eigenvalue weighted by atomic mass is 9.94. The first-order chi connectivity index (χ1) is 12.8. The van der Waals surface area contributed by atoms with Crippen molar-refractivity contribution in [1.29, 1.82) is 0 Å². The first kappa shape index (κ1) is 18.0. The van der Waals surface area contributed by atoms with Gasteiger partial charge in [0.15, 0.2) is 0 Å². The highest BCUT2D eigenvalue weighted by Crippen LogP contribution is 2.37. The Bertz CT molecular complexity index is 1150. The molecule has 0 unspecified atom stereocenters. The molecule has 0 aliphatic heterocycles. The lowest BCUT2D eigenvalue weighted by molar-refractivity contribution is 0.670. The molecule has 0 saturated heterocycles. The summed E-state index contributed by atoms with van der Waals surface area (Å²) in [5.74, 6) is 0.471. The number of benzene rings is 2. The molecule has 2 heterocycles. The van der Waals surface area contributed by atoms with Crippen molar-refractivity contribution in [2.45, 2.75) is 46.3 Å². The summed E-state index contributed by atoms with van der Waals surface area (Å²) in [6.07, 6.45) is 1.93. The molecule has 0 radical (unpaired) electrons. The van der Waals surface area contributed by atoms with E-state index in [-0.39, 0.29) is 0 Å². The van der Waals surface area contributed by atoms with E-state index in [0.717, 1.165) is 22.4 Å². The van der Waals surface area contributed by atoms with Crippen molar-refractivity contribution in [1.82, 2.24) is 4.98 Å². The third-order valence-corrected chi connectivity index (χ3v) is 7.49.